The Balaban J connectivity index is 2.74. The van der Waals surface area contributed by atoms with Crippen molar-refractivity contribution in [2.45, 2.75) is 32.2 Å². The number of carboxylic acid groups (broad SMARTS) is 1. The van der Waals surface area contributed by atoms with E-state index in [0.717, 1.165) is 11.6 Å². The molecule has 0 bridgehead atoms. The first-order valence-corrected chi connectivity index (χ1v) is 7.40. The molecule has 0 aromatic heterocycles. The normalized spacial score (nSPS) is 13.5. The van der Waals surface area contributed by atoms with Gasteiger partial charge in [-0.2, -0.15) is 0 Å². The minimum atomic E-state index is -1.99. The molecule has 1 atom stereocenters. The molecule has 0 saturated carbocycles. The molecule has 1 aromatic rings. The fraction of sp³-hybridized carbons (Fsp3) is 0.375. The van der Waals surface area contributed by atoms with E-state index in [1.165, 1.54) is 12.1 Å². The summed E-state index contributed by atoms with van der Waals surface area (Å²) in [6, 6.07) is 4.67. The van der Waals surface area contributed by atoms with Crippen molar-refractivity contribution < 1.29 is 19.6 Å². The molecular formula is C16H21N3O5. The van der Waals surface area contributed by atoms with Gasteiger partial charge in [-0.15, -0.1) is 0 Å². The lowest BCUT2D eigenvalue weighted by Gasteiger charge is -2.21. The fourth-order valence-electron chi connectivity index (χ4n) is 2.18. The predicted molar refractivity (Wildman–Crippen MR) is 89.9 cm³/mol. The molecule has 4 N–H and O–H groups in total. The second-order valence-corrected chi connectivity index (χ2v) is 5.45. The number of aryl methyl sites for hydroxylation is 1. The first kappa shape index (κ1) is 19.3. The molecule has 0 radical (unpaired) electrons. The molecule has 0 fully saturated rings. The highest BCUT2D eigenvalue weighted by atomic mass is 16.6. The Morgan fingerprint density at radius 3 is 2.67 bits per heavy atom. The van der Waals surface area contributed by atoms with Gasteiger partial charge < -0.3 is 16.2 Å². The molecule has 1 aromatic carbocycles. The van der Waals surface area contributed by atoms with Gasteiger partial charge >= 0.3 is 5.97 Å². The van der Waals surface area contributed by atoms with E-state index in [2.05, 4.69) is 5.32 Å². The van der Waals surface area contributed by atoms with E-state index in [1.54, 1.807) is 26.0 Å². The number of hydrogen-bond donors (Lipinski definition) is 3. The molecule has 0 heterocycles. The van der Waals surface area contributed by atoms with Crippen LogP contribution in [0.4, 0.5) is 11.4 Å². The maximum Gasteiger partial charge on any atom is 0.331 e. The third kappa shape index (κ3) is 4.63. The van der Waals surface area contributed by atoms with Gasteiger partial charge in [0, 0.05) is 12.6 Å². The number of hydrogen-bond acceptors (Lipinski definition) is 6. The Morgan fingerprint density at radius 1 is 1.46 bits per heavy atom. The number of carboxylic acids is 1. The number of ketones is 1. The van der Waals surface area contributed by atoms with E-state index >= 15 is 0 Å². The minimum Gasteiger partial charge on any atom is -0.480 e. The van der Waals surface area contributed by atoms with Crippen LogP contribution in [0.25, 0.3) is 0 Å². The Morgan fingerprint density at radius 2 is 2.12 bits per heavy atom. The van der Waals surface area contributed by atoms with Crippen molar-refractivity contribution >= 4 is 23.1 Å². The van der Waals surface area contributed by atoms with Gasteiger partial charge in [0.15, 0.2) is 11.3 Å². The van der Waals surface area contributed by atoms with E-state index in [9.17, 15) is 24.8 Å². The lowest BCUT2D eigenvalue weighted by molar-refractivity contribution is -0.384. The maximum atomic E-state index is 11.9. The third-order valence-corrected chi connectivity index (χ3v) is 3.55. The topological polar surface area (TPSA) is 136 Å². The van der Waals surface area contributed by atoms with Crippen molar-refractivity contribution in [3.8, 4) is 0 Å². The lowest BCUT2D eigenvalue weighted by atomic mass is 9.89. The number of carbonyl (C=O) groups excluding carboxylic acids is 1. The van der Waals surface area contributed by atoms with Crippen LogP contribution in [0, 0.1) is 17.0 Å². The van der Waals surface area contributed by atoms with Gasteiger partial charge in [-0.25, -0.2) is 4.79 Å². The van der Waals surface area contributed by atoms with E-state index in [1.807, 2.05) is 0 Å². The van der Waals surface area contributed by atoms with E-state index < -0.39 is 22.2 Å². The van der Waals surface area contributed by atoms with Gasteiger partial charge in [0.2, 0.25) is 0 Å². The Hall–Kier alpha value is -2.74. The quantitative estimate of drug-likeness (QED) is 0.206. The molecule has 0 aliphatic carbocycles. The molecule has 0 amide bonds. The van der Waals surface area contributed by atoms with E-state index in [0.29, 0.717) is 5.69 Å². The summed E-state index contributed by atoms with van der Waals surface area (Å²) in [6.45, 7) is 3.65. The Labute approximate surface area is 139 Å². The van der Waals surface area contributed by atoms with Crippen molar-refractivity contribution in [2.75, 3.05) is 11.9 Å². The van der Waals surface area contributed by atoms with Gasteiger partial charge in [0.25, 0.3) is 5.69 Å². The summed E-state index contributed by atoms with van der Waals surface area (Å²) in [5, 5.41) is 23.1. The number of nitrogens with one attached hydrogen (secondary N) is 1. The third-order valence-electron chi connectivity index (χ3n) is 3.55. The molecule has 0 aliphatic rings. The van der Waals surface area contributed by atoms with Crippen LogP contribution in [0.3, 0.4) is 0 Å². The van der Waals surface area contributed by atoms with Crippen LogP contribution in [-0.4, -0.2) is 33.9 Å². The van der Waals surface area contributed by atoms with Crippen LogP contribution in [0.15, 0.2) is 30.4 Å². The Kier molecular flexibility index (Phi) is 6.60. The lowest BCUT2D eigenvalue weighted by Crippen LogP contribution is -2.54. The molecule has 0 unspecified atom stereocenters. The number of benzene rings is 1. The van der Waals surface area contributed by atoms with Crippen LogP contribution in [0.2, 0.25) is 0 Å². The average molecular weight is 335 g/mol. The molecule has 130 valence electrons. The monoisotopic (exact) mass is 335 g/mol. The summed E-state index contributed by atoms with van der Waals surface area (Å²) in [5.74, 6) is -2.08. The van der Waals surface area contributed by atoms with Crippen LogP contribution >= 0.6 is 0 Å². The van der Waals surface area contributed by atoms with Crippen molar-refractivity contribution in [1.29, 1.82) is 0 Å². The van der Waals surface area contributed by atoms with Crippen molar-refractivity contribution in [1.82, 2.24) is 0 Å². The number of anilines is 1. The fourth-order valence-corrected chi connectivity index (χ4v) is 2.18. The summed E-state index contributed by atoms with van der Waals surface area (Å²) in [7, 11) is 0. The zero-order valence-electron chi connectivity index (χ0n) is 13.6. The summed E-state index contributed by atoms with van der Waals surface area (Å²) in [4.78, 5) is 33.6. The largest absolute Gasteiger partial charge is 0.480 e. The SMILES string of the molecule is CC=CC(=O)[C@@](N)(CCCNc1cc(C)ccc1[N+](=O)[O-])C(=O)O. The number of carbonyl (C=O) groups is 2. The number of nitrogens with two attached hydrogens (primary N) is 1. The number of nitro groups is 1. The highest BCUT2D eigenvalue weighted by Gasteiger charge is 2.39. The van der Waals surface area contributed by atoms with Gasteiger partial charge in [0.05, 0.1) is 4.92 Å². The van der Waals surface area contributed by atoms with E-state index in [4.69, 9.17) is 5.73 Å². The van der Waals surface area contributed by atoms with Gasteiger partial charge in [-0.1, -0.05) is 12.1 Å². The van der Waals surface area contributed by atoms with Crippen LogP contribution in [0.5, 0.6) is 0 Å². The van der Waals surface area contributed by atoms with Crippen LogP contribution in [-0.2, 0) is 9.59 Å². The molecule has 0 aliphatic heterocycles. The van der Waals surface area contributed by atoms with Gasteiger partial charge in [-0.05, 0) is 44.4 Å². The standard InChI is InChI=1S/C16H21N3O5/c1-3-5-14(20)16(17,15(21)22)8-4-9-18-12-10-11(2)6-7-13(12)19(23)24/h3,5-7,10,18H,4,8-9,17H2,1-2H3,(H,21,22)/t16-/m0/s1. The van der Waals surface area contributed by atoms with Gasteiger partial charge in [0.1, 0.15) is 5.69 Å². The average Bonchev–Trinajstić information content (AvgIpc) is 2.51. The molecule has 24 heavy (non-hydrogen) atoms. The zero-order valence-corrected chi connectivity index (χ0v) is 13.6. The number of nitro benzene ring substituents is 1. The molecule has 8 heteroatoms. The zero-order chi connectivity index (χ0) is 18.3. The molecule has 0 spiro atoms. The maximum absolute atomic E-state index is 11.9. The minimum absolute atomic E-state index is 0.0668. The van der Waals surface area contributed by atoms with Crippen molar-refractivity contribution in [3.63, 3.8) is 0 Å². The summed E-state index contributed by atoms with van der Waals surface area (Å²) < 4.78 is 0. The smallest absolute Gasteiger partial charge is 0.331 e. The number of allylic oxidation sites excluding steroid dienone is 1. The highest BCUT2D eigenvalue weighted by Crippen LogP contribution is 2.25. The van der Waals surface area contributed by atoms with Gasteiger partial charge in [-0.3, -0.25) is 14.9 Å². The van der Waals surface area contributed by atoms with E-state index in [-0.39, 0.29) is 25.1 Å². The summed E-state index contributed by atoms with van der Waals surface area (Å²) in [6.07, 6.45) is 2.74. The predicted octanol–water partition coefficient (Wildman–Crippen LogP) is 2.02. The second kappa shape index (κ2) is 8.21. The molecule has 1 rings (SSSR count). The molecule has 0 saturated heterocycles. The first-order valence-electron chi connectivity index (χ1n) is 7.40. The molecular weight excluding hydrogens is 314 g/mol. The first-order chi connectivity index (χ1) is 11.2. The molecule has 8 nitrogen and oxygen atoms in total. The summed E-state index contributed by atoms with van der Waals surface area (Å²) >= 11 is 0. The summed E-state index contributed by atoms with van der Waals surface area (Å²) in [5.41, 5.74) is 4.85. The van der Waals surface area contributed by atoms with Crippen molar-refractivity contribution in [2.24, 2.45) is 5.73 Å². The second-order valence-electron chi connectivity index (χ2n) is 5.45. The Bertz CT molecular complexity index is 672. The van der Waals surface area contributed by atoms with Crippen LogP contribution < -0.4 is 11.1 Å². The number of nitrogens with zero attached hydrogens (tertiary/aromatic N) is 1. The number of rotatable bonds is 9. The van der Waals surface area contributed by atoms with Crippen LogP contribution in [0.1, 0.15) is 25.3 Å². The van der Waals surface area contributed by atoms with Crippen molar-refractivity contribution in [3.05, 3.63) is 46.0 Å². The highest BCUT2D eigenvalue weighted by molar-refractivity contribution is 6.12. The number of aliphatic carboxylic acids is 1.